The van der Waals surface area contributed by atoms with Crippen molar-refractivity contribution in [3.05, 3.63) is 77.1 Å². The van der Waals surface area contributed by atoms with Crippen LogP contribution in [0.2, 0.25) is 0 Å². The fourth-order valence-electron chi connectivity index (χ4n) is 2.56. The van der Waals surface area contributed by atoms with Gasteiger partial charge in [0.1, 0.15) is 0 Å². The Morgan fingerprint density at radius 3 is 2.46 bits per heavy atom. The number of nitrogens with zero attached hydrogens (tertiary/aromatic N) is 3. The number of para-hydroxylation sites is 1. The minimum atomic E-state index is -0.285. The van der Waals surface area contributed by atoms with Crippen molar-refractivity contribution in [2.45, 2.75) is 13.8 Å². The van der Waals surface area contributed by atoms with Gasteiger partial charge in [0.15, 0.2) is 0 Å². The summed E-state index contributed by atoms with van der Waals surface area (Å²) in [4.78, 5) is 21.4. The Labute approximate surface area is 151 Å². The van der Waals surface area contributed by atoms with Crippen molar-refractivity contribution in [1.82, 2.24) is 9.97 Å². The smallest absolute Gasteiger partial charge is 0.257 e. The molecule has 3 rings (SSSR count). The number of carbonyl (C=O) groups excluding carboxylic acids is 1. The number of nitriles is 1. The van der Waals surface area contributed by atoms with Gasteiger partial charge in [-0.25, -0.2) is 9.97 Å². The van der Waals surface area contributed by atoms with Gasteiger partial charge in [-0.3, -0.25) is 4.79 Å². The largest absolute Gasteiger partial charge is 0.323 e. The van der Waals surface area contributed by atoms with Gasteiger partial charge in [-0.05, 0) is 50.2 Å². The molecule has 128 valence electrons. The lowest BCUT2D eigenvalue weighted by Gasteiger charge is -2.12. The highest BCUT2D eigenvalue weighted by Gasteiger charge is 2.13. The molecule has 0 aliphatic carbocycles. The molecule has 1 aromatic heterocycles. The molecule has 0 aliphatic heterocycles. The first-order chi connectivity index (χ1) is 12.5. The minimum absolute atomic E-state index is 0.285. The first kappa shape index (κ1) is 17.1. The Hall–Kier alpha value is -3.72. The third kappa shape index (κ3) is 4.02. The molecule has 0 fully saturated rings. The van der Waals surface area contributed by atoms with E-state index in [1.807, 2.05) is 26.0 Å². The summed E-state index contributed by atoms with van der Waals surface area (Å²) in [6.45, 7) is 3.78. The Morgan fingerprint density at radius 1 is 1.00 bits per heavy atom. The van der Waals surface area contributed by atoms with Crippen LogP contribution in [0.15, 0.2) is 54.6 Å². The standard InChI is InChI=1S/C20H17N5O/c1-13-10-14(2)23-20(22-13)25-18-9-4-3-8-17(18)19(26)24-16-7-5-6-15(11-16)12-21/h3-11H,1-2H3,(H,24,26)(H,22,23,25). The summed E-state index contributed by atoms with van der Waals surface area (Å²) in [7, 11) is 0. The summed E-state index contributed by atoms with van der Waals surface area (Å²) in [5.74, 6) is 0.154. The van der Waals surface area contributed by atoms with E-state index in [0.29, 0.717) is 28.5 Å². The van der Waals surface area contributed by atoms with E-state index in [9.17, 15) is 4.79 Å². The fourth-order valence-corrected chi connectivity index (χ4v) is 2.56. The van der Waals surface area contributed by atoms with Gasteiger partial charge in [-0.1, -0.05) is 18.2 Å². The third-order valence-electron chi connectivity index (χ3n) is 3.65. The lowest BCUT2D eigenvalue weighted by molar-refractivity contribution is 0.102. The minimum Gasteiger partial charge on any atom is -0.323 e. The highest BCUT2D eigenvalue weighted by molar-refractivity contribution is 6.08. The molecule has 6 nitrogen and oxygen atoms in total. The van der Waals surface area contributed by atoms with Crippen molar-refractivity contribution in [3.63, 3.8) is 0 Å². The number of hydrogen-bond donors (Lipinski definition) is 2. The fraction of sp³-hybridized carbons (Fsp3) is 0.100. The number of aryl methyl sites for hydroxylation is 2. The molecular weight excluding hydrogens is 326 g/mol. The van der Waals surface area contributed by atoms with Crippen LogP contribution in [0.25, 0.3) is 0 Å². The summed E-state index contributed by atoms with van der Waals surface area (Å²) in [5, 5.41) is 14.9. The quantitative estimate of drug-likeness (QED) is 0.748. The van der Waals surface area contributed by atoms with Gasteiger partial charge in [0, 0.05) is 17.1 Å². The van der Waals surface area contributed by atoms with Crippen molar-refractivity contribution in [1.29, 1.82) is 5.26 Å². The molecule has 3 aromatic rings. The molecule has 1 amide bonds. The molecule has 2 aromatic carbocycles. The van der Waals surface area contributed by atoms with Crippen molar-refractivity contribution in [2.75, 3.05) is 10.6 Å². The van der Waals surface area contributed by atoms with Gasteiger partial charge in [-0.2, -0.15) is 5.26 Å². The van der Waals surface area contributed by atoms with Gasteiger partial charge in [0.2, 0.25) is 5.95 Å². The number of hydrogen-bond acceptors (Lipinski definition) is 5. The van der Waals surface area contributed by atoms with Crippen LogP contribution in [0.5, 0.6) is 0 Å². The average Bonchev–Trinajstić information content (AvgIpc) is 2.61. The number of nitrogens with one attached hydrogen (secondary N) is 2. The zero-order valence-electron chi connectivity index (χ0n) is 14.4. The number of benzene rings is 2. The van der Waals surface area contributed by atoms with Crippen LogP contribution in [-0.2, 0) is 0 Å². The number of carbonyl (C=O) groups is 1. The second-order valence-corrected chi connectivity index (χ2v) is 5.79. The molecule has 0 spiro atoms. The van der Waals surface area contributed by atoms with Crippen molar-refractivity contribution < 1.29 is 4.79 Å². The highest BCUT2D eigenvalue weighted by atomic mass is 16.1. The summed E-state index contributed by atoms with van der Waals surface area (Å²) in [6, 6.07) is 17.8. The normalized spacial score (nSPS) is 10.0. The molecule has 0 aliphatic rings. The molecule has 1 heterocycles. The van der Waals surface area contributed by atoms with Gasteiger partial charge in [0.05, 0.1) is 22.9 Å². The van der Waals surface area contributed by atoms with E-state index in [0.717, 1.165) is 11.4 Å². The summed E-state index contributed by atoms with van der Waals surface area (Å²) in [5.41, 5.74) is 3.79. The summed E-state index contributed by atoms with van der Waals surface area (Å²) >= 11 is 0. The van der Waals surface area contributed by atoms with E-state index in [2.05, 4.69) is 26.7 Å². The molecule has 6 heteroatoms. The first-order valence-electron chi connectivity index (χ1n) is 8.05. The van der Waals surface area contributed by atoms with Gasteiger partial charge in [0.25, 0.3) is 5.91 Å². The number of amides is 1. The maximum Gasteiger partial charge on any atom is 0.257 e. The van der Waals surface area contributed by atoms with E-state index < -0.39 is 0 Å². The monoisotopic (exact) mass is 343 g/mol. The van der Waals surface area contributed by atoms with Crippen LogP contribution in [0.4, 0.5) is 17.3 Å². The van der Waals surface area contributed by atoms with Crippen LogP contribution in [0, 0.1) is 25.2 Å². The van der Waals surface area contributed by atoms with E-state index in [4.69, 9.17) is 5.26 Å². The molecule has 0 unspecified atom stereocenters. The molecule has 2 N–H and O–H groups in total. The number of aromatic nitrogens is 2. The van der Waals surface area contributed by atoms with Crippen molar-refractivity contribution >= 4 is 23.2 Å². The zero-order valence-corrected chi connectivity index (χ0v) is 14.4. The SMILES string of the molecule is Cc1cc(C)nc(Nc2ccccc2C(=O)Nc2cccc(C#N)c2)n1. The molecule has 0 bridgehead atoms. The van der Waals surface area contributed by atoms with Crippen molar-refractivity contribution in [2.24, 2.45) is 0 Å². The van der Waals surface area contributed by atoms with Crippen LogP contribution < -0.4 is 10.6 Å². The molecule has 26 heavy (non-hydrogen) atoms. The number of anilines is 3. The Bertz CT molecular complexity index is 987. The molecule has 0 atom stereocenters. The lowest BCUT2D eigenvalue weighted by Crippen LogP contribution is -2.14. The highest BCUT2D eigenvalue weighted by Crippen LogP contribution is 2.21. The van der Waals surface area contributed by atoms with E-state index in [-0.39, 0.29) is 5.91 Å². The summed E-state index contributed by atoms with van der Waals surface area (Å²) in [6.07, 6.45) is 0. The lowest BCUT2D eigenvalue weighted by atomic mass is 10.1. The average molecular weight is 343 g/mol. The second kappa shape index (κ2) is 7.45. The maximum absolute atomic E-state index is 12.7. The van der Waals surface area contributed by atoms with Gasteiger partial charge in [-0.15, -0.1) is 0 Å². The van der Waals surface area contributed by atoms with Crippen LogP contribution in [0.1, 0.15) is 27.3 Å². The van der Waals surface area contributed by atoms with E-state index in [1.54, 1.807) is 42.5 Å². The molecular formula is C20H17N5O. The molecule has 0 radical (unpaired) electrons. The van der Waals surface area contributed by atoms with Crippen LogP contribution >= 0.6 is 0 Å². The van der Waals surface area contributed by atoms with Crippen molar-refractivity contribution in [3.8, 4) is 6.07 Å². The predicted molar refractivity (Wildman–Crippen MR) is 100 cm³/mol. The topological polar surface area (TPSA) is 90.7 Å². The molecule has 0 saturated heterocycles. The second-order valence-electron chi connectivity index (χ2n) is 5.79. The third-order valence-corrected chi connectivity index (χ3v) is 3.65. The summed E-state index contributed by atoms with van der Waals surface area (Å²) < 4.78 is 0. The van der Waals surface area contributed by atoms with E-state index >= 15 is 0 Å². The van der Waals surface area contributed by atoms with Gasteiger partial charge < -0.3 is 10.6 Å². The maximum atomic E-state index is 12.7. The first-order valence-corrected chi connectivity index (χ1v) is 8.05. The Kier molecular flexibility index (Phi) is 4.90. The zero-order chi connectivity index (χ0) is 18.5. The Morgan fingerprint density at radius 2 is 1.73 bits per heavy atom. The van der Waals surface area contributed by atoms with Crippen LogP contribution in [0.3, 0.4) is 0 Å². The Balaban J connectivity index is 1.86. The number of rotatable bonds is 4. The van der Waals surface area contributed by atoms with Crippen LogP contribution in [-0.4, -0.2) is 15.9 Å². The predicted octanol–water partition coefficient (Wildman–Crippen LogP) is 3.96. The van der Waals surface area contributed by atoms with Gasteiger partial charge >= 0.3 is 0 Å². The van der Waals surface area contributed by atoms with E-state index in [1.165, 1.54) is 0 Å². The molecule has 0 saturated carbocycles.